The molecule has 0 fully saturated rings. The second kappa shape index (κ2) is 19.3. The fourth-order valence-corrected chi connectivity index (χ4v) is 4.66. The van der Waals surface area contributed by atoms with Crippen LogP contribution < -0.4 is 32.3 Å². The van der Waals surface area contributed by atoms with Gasteiger partial charge in [0.15, 0.2) is 0 Å². The average molecular weight is 653 g/mol. The first kappa shape index (κ1) is 37.9. The van der Waals surface area contributed by atoms with E-state index in [-0.39, 0.29) is 25.2 Å². The lowest BCUT2D eigenvalue weighted by atomic mass is 9.97. The SMILES string of the molecule is CC[C@H](C)[C@H](NC(C)=O)C(=O)N[C@@H](Cc1ccccc1)C(=O)NCC(=O)N[C@@H](CCC(=O)O)C(=O)N[C@@H](Cc1ccccc1)C(N)=O. The Kier molecular flexibility index (Phi) is 15.6. The number of primary amides is 1. The molecule has 0 spiro atoms. The third-order valence-corrected chi connectivity index (χ3v) is 7.43. The van der Waals surface area contributed by atoms with Gasteiger partial charge < -0.3 is 37.4 Å². The van der Waals surface area contributed by atoms with Crippen LogP contribution in [-0.4, -0.2) is 77.2 Å². The van der Waals surface area contributed by atoms with Crippen LogP contribution in [-0.2, 0) is 46.4 Å². The summed E-state index contributed by atoms with van der Waals surface area (Å²) in [4.78, 5) is 87.6. The lowest BCUT2D eigenvalue weighted by Gasteiger charge is -2.26. The zero-order valence-electron chi connectivity index (χ0n) is 26.8. The first-order chi connectivity index (χ1) is 22.3. The number of carboxylic acids is 1. The maximum atomic E-state index is 13.3. The van der Waals surface area contributed by atoms with Gasteiger partial charge in [0.25, 0.3) is 0 Å². The second-order valence-electron chi connectivity index (χ2n) is 11.2. The molecular weight excluding hydrogens is 608 g/mol. The van der Waals surface area contributed by atoms with Crippen LogP contribution in [0, 0.1) is 5.92 Å². The Morgan fingerprint density at radius 3 is 1.74 bits per heavy atom. The number of rotatable bonds is 19. The normalized spacial score (nSPS) is 13.9. The van der Waals surface area contributed by atoms with E-state index in [2.05, 4.69) is 26.6 Å². The Balaban J connectivity index is 2.14. The van der Waals surface area contributed by atoms with E-state index in [1.165, 1.54) is 6.92 Å². The number of hydrogen-bond donors (Lipinski definition) is 7. The molecule has 2 rings (SSSR count). The molecule has 8 N–H and O–H groups in total. The number of nitrogens with two attached hydrogens (primary N) is 1. The van der Waals surface area contributed by atoms with Gasteiger partial charge in [-0.25, -0.2) is 0 Å². The molecule has 2 aromatic rings. The molecule has 6 amide bonds. The van der Waals surface area contributed by atoms with Gasteiger partial charge in [0.1, 0.15) is 24.2 Å². The largest absolute Gasteiger partial charge is 0.481 e. The van der Waals surface area contributed by atoms with Gasteiger partial charge in [-0.05, 0) is 23.5 Å². The van der Waals surface area contributed by atoms with Crippen LogP contribution in [0.5, 0.6) is 0 Å². The Labute approximate surface area is 273 Å². The van der Waals surface area contributed by atoms with Crippen LogP contribution >= 0.6 is 0 Å². The van der Waals surface area contributed by atoms with E-state index in [1.807, 2.05) is 6.92 Å². The fourth-order valence-electron chi connectivity index (χ4n) is 4.66. The summed E-state index contributed by atoms with van der Waals surface area (Å²) in [6.45, 7) is 4.33. The molecule has 0 unspecified atom stereocenters. The summed E-state index contributed by atoms with van der Waals surface area (Å²) in [6.07, 6.45) is -0.0397. The van der Waals surface area contributed by atoms with Crippen molar-refractivity contribution in [3.05, 3.63) is 71.8 Å². The van der Waals surface area contributed by atoms with Crippen LogP contribution in [0.25, 0.3) is 0 Å². The van der Waals surface area contributed by atoms with Gasteiger partial charge in [-0.3, -0.25) is 33.6 Å². The smallest absolute Gasteiger partial charge is 0.303 e. The molecule has 254 valence electrons. The summed E-state index contributed by atoms with van der Waals surface area (Å²) in [5.74, 6) is -5.59. The minimum absolute atomic E-state index is 0.0753. The van der Waals surface area contributed by atoms with Crippen LogP contribution in [0.15, 0.2) is 60.7 Å². The van der Waals surface area contributed by atoms with Gasteiger partial charge in [-0.15, -0.1) is 0 Å². The quantitative estimate of drug-likeness (QED) is 0.109. The lowest BCUT2D eigenvalue weighted by molar-refractivity contribution is -0.138. The van der Waals surface area contributed by atoms with Crippen molar-refractivity contribution in [1.82, 2.24) is 26.6 Å². The predicted molar refractivity (Wildman–Crippen MR) is 172 cm³/mol. The first-order valence-corrected chi connectivity index (χ1v) is 15.3. The van der Waals surface area contributed by atoms with E-state index < -0.39 is 78.5 Å². The van der Waals surface area contributed by atoms with Crippen molar-refractivity contribution >= 4 is 41.4 Å². The third-order valence-electron chi connectivity index (χ3n) is 7.43. The maximum Gasteiger partial charge on any atom is 0.303 e. The Bertz CT molecular complexity index is 1390. The molecule has 0 radical (unpaired) electrons. The molecule has 0 bridgehead atoms. The summed E-state index contributed by atoms with van der Waals surface area (Å²) < 4.78 is 0. The molecule has 14 heteroatoms. The number of benzene rings is 2. The highest BCUT2D eigenvalue weighted by Crippen LogP contribution is 2.10. The Morgan fingerprint density at radius 2 is 1.26 bits per heavy atom. The molecule has 0 aliphatic heterocycles. The first-order valence-electron chi connectivity index (χ1n) is 15.3. The van der Waals surface area contributed by atoms with E-state index >= 15 is 0 Å². The maximum absolute atomic E-state index is 13.3. The number of nitrogens with one attached hydrogen (secondary N) is 5. The Hall–Kier alpha value is -5.27. The topological polar surface area (TPSA) is 226 Å². The van der Waals surface area contributed by atoms with Crippen molar-refractivity contribution in [3.63, 3.8) is 0 Å². The number of carbonyl (C=O) groups excluding carboxylic acids is 6. The molecule has 2 aromatic carbocycles. The molecule has 0 aliphatic rings. The van der Waals surface area contributed by atoms with Crippen LogP contribution in [0.1, 0.15) is 51.2 Å². The van der Waals surface area contributed by atoms with Gasteiger partial charge in [-0.1, -0.05) is 80.9 Å². The van der Waals surface area contributed by atoms with Crippen molar-refractivity contribution in [1.29, 1.82) is 0 Å². The number of carboxylic acid groups (broad SMARTS) is 1. The molecule has 0 saturated heterocycles. The predicted octanol–water partition coefficient (Wildman–Crippen LogP) is -0.0567. The summed E-state index contributed by atoms with van der Waals surface area (Å²) in [6, 6.07) is 13.1. The minimum Gasteiger partial charge on any atom is -0.481 e. The molecule has 0 saturated carbocycles. The number of aliphatic carboxylic acids is 1. The minimum atomic E-state index is -1.36. The zero-order chi connectivity index (χ0) is 34.9. The van der Waals surface area contributed by atoms with E-state index in [1.54, 1.807) is 67.6 Å². The molecule has 5 atom stereocenters. The lowest BCUT2D eigenvalue weighted by Crippen LogP contribution is -2.57. The fraction of sp³-hybridized carbons (Fsp3) is 0.424. The second-order valence-corrected chi connectivity index (χ2v) is 11.2. The van der Waals surface area contributed by atoms with Gasteiger partial charge >= 0.3 is 5.97 Å². The van der Waals surface area contributed by atoms with Crippen LogP contribution in [0.2, 0.25) is 0 Å². The highest BCUT2D eigenvalue weighted by Gasteiger charge is 2.30. The van der Waals surface area contributed by atoms with Gasteiger partial charge in [0.05, 0.1) is 6.54 Å². The van der Waals surface area contributed by atoms with Crippen LogP contribution in [0.3, 0.4) is 0 Å². The van der Waals surface area contributed by atoms with Crippen molar-refractivity contribution in [2.75, 3.05) is 6.54 Å². The van der Waals surface area contributed by atoms with E-state index in [9.17, 15) is 38.7 Å². The van der Waals surface area contributed by atoms with Gasteiger partial charge in [0, 0.05) is 26.2 Å². The number of hydrogen-bond acceptors (Lipinski definition) is 7. The van der Waals surface area contributed by atoms with Gasteiger partial charge in [0.2, 0.25) is 35.4 Å². The number of amides is 6. The standard InChI is InChI=1S/C33H44N6O8/c1-4-20(2)29(36-21(3)40)33(47)39-26(18-23-13-9-6-10-14-23)31(45)35-19-27(41)37-24(15-16-28(42)43)32(46)38-25(30(34)44)17-22-11-7-5-8-12-22/h5-14,20,24-26,29H,4,15-19H2,1-3H3,(H2,34,44)(H,35,45)(H,36,40)(H,37,41)(H,38,46)(H,39,47)(H,42,43)/t20-,24-,25-,26-,29-/m0/s1. The van der Waals surface area contributed by atoms with Crippen molar-refractivity contribution < 1.29 is 38.7 Å². The summed E-state index contributed by atoms with van der Waals surface area (Å²) in [5.41, 5.74) is 6.93. The zero-order valence-corrected chi connectivity index (χ0v) is 26.8. The Morgan fingerprint density at radius 1 is 0.723 bits per heavy atom. The summed E-state index contributed by atoms with van der Waals surface area (Å²) in [7, 11) is 0. The van der Waals surface area contributed by atoms with E-state index in [0.717, 1.165) is 11.1 Å². The molecule has 0 aliphatic carbocycles. The van der Waals surface area contributed by atoms with Crippen LogP contribution in [0.4, 0.5) is 0 Å². The number of carbonyl (C=O) groups is 7. The summed E-state index contributed by atoms with van der Waals surface area (Å²) in [5, 5.41) is 21.8. The highest BCUT2D eigenvalue weighted by molar-refractivity contribution is 5.95. The average Bonchev–Trinajstić information content (AvgIpc) is 3.03. The van der Waals surface area contributed by atoms with Crippen molar-refractivity contribution in [2.24, 2.45) is 11.7 Å². The third kappa shape index (κ3) is 13.7. The van der Waals surface area contributed by atoms with Crippen molar-refractivity contribution in [2.45, 2.75) is 77.0 Å². The molecule has 0 aromatic heterocycles. The van der Waals surface area contributed by atoms with E-state index in [4.69, 9.17) is 5.73 Å². The molecule has 47 heavy (non-hydrogen) atoms. The van der Waals surface area contributed by atoms with Crippen molar-refractivity contribution in [3.8, 4) is 0 Å². The molecule has 0 heterocycles. The molecule has 14 nitrogen and oxygen atoms in total. The van der Waals surface area contributed by atoms with Gasteiger partial charge in [-0.2, -0.15) is 0 Å². The summed E-state index contributed by atoms with van der Waals surface area (Å²) >= 11 is 0. The van der Waals surface area contributed by atoms with E-state index in [0.29, 0.717) is 6.42 Å². The highest BCUT2D eigenvalue weighted by atomic mass is 16.4. The monoisotopic (exact) mass is 652 g/mol. The molecular formula is C33H44N6O8.